The molecule has 0 aliphatic carbocycles. The van der Waals surface area contributed by atoms with Gasteiger partial charge in [0.2, 0.25) is 0 Å². The number of aliphatic hydroxyl groups excluding tert-OH is 2. The average molecular weight is 570 g/mol. The molecule has 2 N–H and O–H groups in total. The van der Waals surface area contributed by atoms with Crippen LogP contribution in [0.3, 0.4) is 0 Å². The number of hydrogen-bond donors (Lipinski definition) is 2. The Labute approximate surface area is 248 Å². The molecule has 0 spiro atoms. The van der Waals surface area contributed by atoms with Crippen molar-refractivity contribution in [2.75, 3.05) is 20.3 Å². The van der Waals surface area contributed by atoms with Gasteiger partial charge in [0, 0.05) is 78.7 Å². The van der Waals surface area contributed by atoms with Gasteiger partial charge in [-0.15, -0.1) is 0 Å². The molecule has 4 aromatic rings. The average Bonchev–Trinajstić information content (AvgIpc) is 3.63. The van der Waals surface area contributed by atoms with Crippen LogP contribution in [-0.2, 0) is 22.7 Å². The molecule has 0 fully saturated rings. The zero-order valence-electron chi connectivity index (χ0n) is 24.7. The SMILES string of the molecule is CN1C(=O)C(c2cn(CCCCCCCO)c3ccccc23)=C(c2cn(CCCCCCCO)c3ccccc23)C1=O. The molecule has 7 heteroatoms. The molecule has 7 nitrogen and oxygen atoms in total. The number of nitrogens with zero attached hydrogens (tertiary/aromatic N) is 3. The molecule has 0 saturated heterocycles. The molecule has 0 bridgehead atoms. The van der Waals surface area contributed by atoms with Crippen molar-refractivity contribution in [1.82, 2.24) is 14.0 Å². The van der Waals surface area contributed by atoms with E-state index in [1.807, 2.05) is 36.4 Å². The van der Waals surface area contributed by atoms with Gasteiger partial charge in [0.25, 0.3) is 11.8 Å². The maximum atomic E-state index is 13.7. The second-order valence-corrected chi connectivity index (χ2v) is 11.4. The number of likely N-dealkylation sites (N-methyl/N-ethyl adjacent to an activating group) is 1. The van der Waals surface area contributed by atoms with E-state index in [2.05, 4.69) is 33.7 Å². The van der Waals surface area contributed by atoms with Crippen LogP contribution in [0.4, 0.5) is 0 Å². The van der Waals surface area contributed by atoms with E-state index in [-0.39, 0.29) is 25.0 Å². The molecular weight excluding hydrogens is 526 g/mol. The minimum Gasteiger partial charge on any atom is -0.396 e. The van der Waals surface area contributed by atoms with Crippen LogP contribution < -0.4 is 0 Å². The highest BCUT2D eigenvalue weighted by molar-refractivity contribution is 6.50. The number of imide groups is 1. The topological polar surface area (TPSA) is 87.7 Å². The lowest BCUT2D eigenvalue weighted by Crippen LogP contribution is -2.26. The zero-order chi connectivity index (χ0) is 29.5. The summed E-state index contributed by atoms with van der Waals surface area (Å²) in [6.07, 6.45) is 14.2. The van der Waals surface area contributed by atoms with Gasteiger partial charge in [0.1, 0.15) is 0 Å². The number of rotatable bonds is 16. The maximum Gasteiger partial charge on any atom is 0.261 e. The van der Waals surface area contributed by atoms with Crippen LogP contribution in [0.5, 0.6) is 0 Å². The number of carbonyl (C=O) groups excluding carboxylic acids is 2. The standard InChI is InChI=1S/C35H43N3O4/c1-36-34(41)32(28-24-37(20-12-4-2-6-14-22-39)30-18-10-8-16-26(28)30)33(35(36)42)29-25-38(21-13-5-3-7-15-23-40)31-19-11-9-17-27(29)31/h8-11,16-19,24-25,39-40H,2-7,12-15,20-23H2,1H3. The smallest absolute Gasteiger partial charge is 0.261 e. The van der Waals surface area contributed by atoms with E-state index in [1.54, 1.807) is 7.05 Å². The number of hydrogen-bond acceptors (Lipinski definition) is 4. The lowest BCUT2D eigenvalue weighted by molar-refractivity contribution is -0.134. The molecule has 0 radical (unpaired) electrons. The molecule has 1 aliphatic rings. The van der Waals surface area contributed by atoms with Gasteiger partial charge in [-0.25, -0.2) is 0 Å². The molecule has 222 valence electrons. The Hall–Kier alpha value is -3.68. The van der Waals surface area contributed by atoms with Gasteiger partial charge in [-0.3, -0.25) is 14.5 Å². The van der Waals surface area contributed by atoms with Crippen molar-refractivity contribution >= 4 is 44.8 Å². The Morgan fingerprint density at radius 2 is 0.929 bits per heavy atom. The number of benzene rings is 2. The van der Waals surface area contributed by atoms with Gasteiger partial charge >= 0.3 is 0 Å². The number of para-hydroxylation sites is 2. The molecule has 1 aliphatic heterocycles. The van der Waals surface area contributed by atoms with Crippen LogP contribution in [0.15, 0.2) is 60.9 Å². The first-order chi connectivity index (χ1) is 20.6. The van der Waals surface area contributed by atoms with E-state index in [0.29, 0.717) is 11.1 Å². The predicted octanol–water partition coefficient (Wildman–Crippen LogP) is 6.39. The number of aliphatic hydroxyl groups is 2. The molecular formula is C35H43N3O4. The summed E-state index contributed by atoms with van der Waals surface area (Å²) >= 11 is 0. The third-order valence-corrected chi connectivity index (χ3v) is 8.52. The van der Waals surface area contributed by atoms with Crippen LogP contribution in [0.2, 0.25) is 0 Å². The third-order valence-electron chi connectivity index (χ3n) is 8.52. The summed E-state index contributed by atoms with van der Waals surface area (Å²) in [5, 5.41) is 20.1. The molecule has 2 aromatic heterocycles. The number of aromatic nitrogens is 2. The Morgan fingerprint density at radius 1 is 0.548 bits per heavy atom. The fraction of sp³-hybridized carbons (Fsp3) is 0.429. The van der Waals surface area contributed by atoms with E-state index in [4.69, 9.17) is 10.2 Å². The van der Waals surface area contributed by atoms with Gasteiger partial charge in [-0.2, -0.15) is 0 Å². The van der Waals surface area contributed by atoms with E-state index in [0.717, 1.165) is 110 Å². The molecule has 3 heterocycles. The Balaban J connectivity index is 1.52. The van der Waals surface area contributed by atoms with E-state index in [9.17, 15) is 9.59 Å². The molecule has 0 unspecified atom stereocenters. The molecule has 0 saturated carbocycles. The second-order valence-electron chi connectivity index (χ2n) is 11.4. The number of fused-ring (bicyclic) bond motifs is 2. The van der Waals surface area contributed by atoms with Gasteiger partial charge < -0.3 is 19.3 Å². The van der Waals surface area contributed by atoms with Gasteiger partial charge in [0.15, 0.2) is 0 Å². The zero-order valence-corrected chi connectivity index (χ0v) is 24.7. The summed E-state index contributed by atoms with van der Waals surface area (Å²) < 4.78 is 4.44. The van der Waals surface area contributed by atoms with E-state index < -0.39 is 0 Å². The maximum absolute atomic E-state index is 13.7. The van der Waals surface area contributed by atoms with Crippen molar-refractivity contribution in [3.63, 3.8) is 0 Å². The number of carbonyl (C=O) groups is 2. The van der Waals surface area contributed by atoms with Crippen molar-refractivity contribution < 1.29 is 19.8 Å². The molecule has 0 atom stereocenters. The normalized spacial score (nSPS) is 13.9. The molecule has 2 aromatic carbocycles. The Bertz CT molecular complexity index is 1460. The van der Waals surface area contributed by atoms with E-state index in [1.165, 1.54) is 4.90 Å². The Morgan fingerprint density at radius 3 is 1.36 bits per heavy atom. The first kappa shape index (κ1) is 29.8. The highest BCUT2D eigenvalue weighted by Crippen LogP contribution is 2.41. The predicted molar refractivity (Wildman–Crippen MR) is 169 cm³/mol. The van der Waals surface area contributed by atoms with Crippen molar-refractivity contribution in [1.29, 1.82) is 0 Å². The van der Waals surface area contributed by atoms with Crippen molar-refractivity contribution in [2.45, 2.75) is 77.3 Å². The van der Waals surface area contributed by atoms with Crippen LogP contribution in [0, 0.1) is 0 Å². The lowest BCUT2D eigenvalue weighted by atomic mass is 9.95. The third kappa shape index (κ3) is 6.08. The van der Waals surface area contributed by atoms with Crippen molar-refractivity contribution in [2.24, 2.45) is 0 Å². The van der Waals surface area contributed by atoms with Crippen LogP contribution >= 0.6 is 0 Å². The summed E-state index contributed by atoms with van der Waals surface area (Å²) in [6.45, 7) is 2.15. The largest absolute Gasteiger partial charge is 0.396 e. The molecule has 42 heavy (non-hydrogen) atoms. The fourth-order valence-corrected chi connectivity index (χ4v) is 6.25. The van der Waals surface area contributed by atoms with Crippen molar-refractivity contribution in [3.05, 3.63) is 72.1 Å². The van der Waals surface area contributed by atoms with Crippen LogP contribution in [0.25, 0.3) is 33.0 Å². The summed E-state index contributed by atoms with van der Waals surface area (Å²) in [7, 11) is 1.58. The minimum atomic E-state index is -0.261. The lowest BCUT2D eigenvalue weighted by Gasteiger charge is -2.06. The van der Waals surface area contributed by atoms with Crippen LogP contribution in [-0.4, -0.2) is 56.3 Å². The first-order valence-electron chi connectivity index (χ1n) is 15.5. The second kappa shape index (κ2) is 14.0. The summed E-state index contributed by atoms with van der Waals surface area (Å²) in [4.78, 5) is 28.7. The van der Waals surface area contributed by atoms with Crippen molar-refractivity contribution in [3.8, 4) is 0 Å². The van der Waals surface area contributed by atoms with Gasteiger partial charge in [0.05, 0.1) is 11.1 Å². The van der Waals surface area contributed by atoms with Gasteiger partial charge in [-0.1, -0.05) is 74.9 Å². The highest BCUT2D eigenvalue weighted by atomic mass is 16.3. The number of aryl methyl sites for hydroxylation is 2. The highest BCUT2D eigenvalue weighted by Gasteiger charge is 2.39. The summed E-state index contributed by atoms with van der Waals surface area (Å²) in [5.41, 5.74) is 4.70. The number of unbranched alkanes of at least 4 members (excludes halogenated alkanes) is 8. The molecule has 2 amide bonds. The monoisotopic (exact) mass is 569 g/mol. The van der Waals surface area contributed by atoms with E-state index >= 15 is 0 Å². The minimum absolute atomic E-state index is 0.244. The van der Waals surface area contributed by atoms with Crippen LogP contribution in [0.1, 0.15) is 75.3 Å². The quantitative estimate of drug-likeness (QED) is 0.121. The Kier molecular flexibility index (Phi) is 9.93. The number of amides is 2. The fourth-order valence-electron chi connectivity index (χ4n) is 6.25. The summed E-state index contributed by atoms with van der Waals surface area (Å²) in [5.74, 6) is -0.523. The van der Waals surface area contributed by atoms with Gasteiger partial charge in [-0.05, 0) is 37.8 Å². The summed E-state index contributed by atoms with van der Waals surface area (Å²) in [6, 6.07) is 16.3. The first-order valence-corrected chi connectivity index (χ1v) is 15.5. The molecule has 5 rings (SSSR count).